The molecule has 8 N–H and O–H groups in total. The fourth-order valence-corrected chi connectivity index (χ4v) is 14.1. The molecule has 0 spiro atoms. The number of azide groups is 2. The van der Waals surface area contributed by atoms with E-state index in [0.717, 1.165) is 177 Å². The van der Waals surface area contributed by atoms with Crippen LogP contribution in [0.25, 0.3) is 20.9 Å². The number of nitrogens with one attached hydrogen (secondary N) is 2. The van der Waals surface area contributed by atoms with Crippen LogP contribution >= 0.6 is 0 Å². The highest BCUT2D eigenvalue weighted by Crippen LogP contribution is 2.36. The fraction of sp³-hybridized carbons (Fsp3) is 0.628. The normalized spacial score (nSPS) is 17.8. The quantitative estimate of drug-likeness (QED) is 0.0204. The lowest BCUT2D eigenvalue weighted by Crippen LogP contribution is -2.29. The topological polar surface area (TPSA) is 566 Å². The Morgan fingerprint density at radius 3 is 1.19 bits per heavy atom. The van der Waals surface area contributed by atoms with E-state index in [1.54, 1.807) is 100 Å². The van der Waals surface area contributed by atoms with Crippen LogP contribution in [0.1, 0.15) is 358 Å². The molecule has 8 aliphatic rings. The van der Waals surface area contributed by atoms with E-state index in [4.69, 9.17) is 51.0 Å². The van der Waals surface area contributed by atoms with Crippen LogP contribution in [-0.4, -0.2) is 175 Å². The largest absolute Gasteiger partial charge is 0.442 e. The number of ketones is 5. The van der Waals surface area contributed by atoms with Gasteiger partial charge in [0.05, 0.1) is 94.1 Å². The highest BCUT2D eigenvalue weighted by Gasteiger charge is 2.34. The number of nitrogens with two attached hydrogens (primary N) is 3. The van der Waals surface area contributed by atoms with E-state index < -0.39 is 70.2 Å². The van der Waals surface area contributed by atoms with Gasteiger partial charge in [0.25, 0.3) is 0 Å². The van der Waals surface area contributed by atoms with E-state index in [9.17, 15) is 52.7 Å². The lowest BCUT2D eigenvalue weighted by molar-refractivity contribution is -0.129. The molecule has 0 radical (unpaired) electrons. The first-order valence-corrected chi connectivity index (χ1v) is 42.9. The Morgan fingerprint density at radius 1 is 0.402 bits per heavy atom. The summed E-state index contributed by atoms with van der Waals surface area (Å²) in [5, 5.41) is 38.8. The van der Waals surface area contributed by atoms with Crippen molar-refractivity contribution in [1.29, 1.82) is 0 Å². The molecule has 127 heavy (non-hydrogen) atoms. The molecule has 4 unspecified atom stereocenters. The van der Waals surface area contributed by atoms with E-state index in [1.807, 2.05) is 62.3 Å². The van der Waals surface area contributed by atoms with Crippen LogP contribution in [0.4, 0.5) is 28.8 Å². The van der Waals surface area contributed by atoms with E-state index in [1.165, 1.54) is 35.8 Å². The monoisotopic (exact) mass is 1770 g/mol. The summed E-state index contributed by atoms with van der Waals surface area (Å²) in [6, 6.07) is -0.472. The third-order valence-corrected chi connectivity index (χ3v) is 19.5. The van der Waals surface area contributed by atoms with Gasteiger partial charge >= 0.3 is 36.6 Å². The second kappa shape index (κ2) is 45.0. The van der Waals surface area contributed by atoms with Crippen molar-refractivity contribution in [2.45, 2.75) is 343 Å². The smallest absolute Gasteiger partial charge is 0.435 e. The Labute approximate surface area is 738 Å². The zero-order valence-electron chi connectivity index (χ0n) is 76.7. The Kier molecular flexibility index (Phi) is 36.2. The van der Waals surface area contributed by atoms with Crippen molar-refractivity contribution in [2.75, 3.05) is 7.05 Å². The van der Waals surface area contributed by atoms with Crippen LogP contribution in [0.15, 0.2) is 53.6 Å². The van der Waals surface area contributed by atoms with E-state index >= 15 is 0 Å². The number of nitrogens with zero attached hydrogens (tertiary/aromatic N) is 19. The summed E-state index contributed by atoms with van der Waals surface area (Å²) in [6.45, 7) is 32.6. The molecule has 692 valence electrons. The molecule has 0 aromatic carbocycles. The number of rotatable bonds is 2. The number of fused-ring (bicyclic) bond motifs is 7. The number of aromatic nitrogens is 14. The number of hydrogen-bond acceptors (Lipinski definition) is 30. The van der Waals surface area contributed by atoms with Gasteiger partial charge < -0.3 is 39.9 Å². The molecule has 15 rings (SSSR count). The van der Waals surface area contributed by atoms with Gasteiger partial charge in [-0.2, -0.15) is 63.8 Å². The molecule has 7 aromatic heterocycles. The lowest BCUT2D eigenvalue weighted by Gasteiger charge is -2.22. The SMILES string of the molecule is CC(C)(C)OC(=O)n1cc2c(n1)CCCC2=O.CC(C)(C)OC(=O)n1cc2c(n1)CCCC2N.CC(C)(C)OC(=O)n1cc2c(n1)CCCC2N=[N+]=[N-].CC(C)(C)OC(=O)n1ncc2c1CCCC2=O.CC(C)(C)OC(=O)n1ncc2c1CCCC2N.CC(C)(C)OC(=O)n1ncc2c1CCCC2N=[N+]=[N-].CNN.O=C1CCCC(=O)C1.O=C1CCCc2[nH]ncc21. The van der Waals surface area contributed by atoms with Gasteiger partial charge in [0, 0.05) is 101 Å². The van der Waals surface area contributed by atoms with Crippen LogP contribution in [0, 0.1) is 0 Å². The van der Waals surface area contributed by atoms with E-state index in [0.29, 0.717) is 61.0 Å². The van der Waals surface area contributed by atoms with Crippen LogP contribution < -0.4 is 22.7 Å². The first-order valence-electron chi connectivity index (χ1n) is 42.9. The molecule has 41 nitrogen and oxygen atoms in total. The second-order valence-electron chi connectivity index (χ2n) is 37.3. The van der Waals surface area contributed by atoms with Gasteiger partial charge in [0.15, 0.2) is 17.3 Å². The average Bonchev–Trinajstić information content (AvgIpc) is 1.65. The van der Waals surface area contributed by atoms with Gasteiger partial charge in [0.1, 0.15) is 45.2 Å². The van der Waals surface area contributed by atoms with Gasteiger partial charge in [-0.3, -0.25) is 40.3 Å². The van der Waals surface area contributed by atoms with E-state index in [2.05, 4.69) is 72.1 Å². The van der Waals surface area contributed by atoms with Gasteiger partial charge in [-0.1, -0.05) is 10.2 Å². The molecule has 0 aliphatic heterocycles. The molecule has 7 heterocycles. The number of Topliss-reactive ketones (excluding diaryl/α,β-unsaturated/α-hetero) is 5. The zero-order valence-corrected chi connectivity index (χ0v) is 76.7. The van der Waals surface area contributed by atoms with E-state index in [-0.39, 0.29) is 59.5 Å². The summed E-state index contributed by atoms with van der Waals surface area (Å²) < 4.78 is 39.0. The number of H-pyrrole nitrogens is 1. The van der Waals surface area contributed by atoms with Crippen molar-refractivity contribution < 1.29 is 81.2 Å². The Morgan fingerprint density at radius 2 is 0.740 bits per heavy atom. The molecule has 41 heteroatoms. The predicted octanol–water partition coefficient (Wildman–Crippen LogP) is 15.8. The van der Waals surface area contributed by atoms with Crippen molar-refractivity contribution in [3.63, 3.8) is 0 Å². The van der Waals surface area contributed by atoms with Crippen molar-refractivity contribution >= 4 is 65.5 Å². The molecule has 0 bridgehead atoms. The number of carbonyl (C=O) groups is 11. The summed E-state index contributed by atoms with van der Waals surface area (Å²) in [5.74, 6) is 5.17. The summed E-state index contributed by atoms with van der Waals surface area (Å²) in [7, 11) is 1.65. The number of carbonyl (C=O) groups excluding carboxylic acids is 11. The number of ether oxygens (including phenoxy) is 6. The number of hydrogen-bond donors (Lipinski definition) is 5. The zero-order chi connectivity index (χ0) is 94.3. The maximum absolute atomic E-state index is 12.0. The van der Waals surface area contributed by atoms with Crippen molar-refractivity contribution in [3.05, 3.63) is 143 Å². The predicted molar refractivity (Wildman–Crippen MR) is 465 cm³/mol. The molecule has 8 aliphatic carbocycles. The number of hydrazine groups is 1. The second-order valence-corrected chi connectivity index (χ2v) is 37.3. The highest BCUT2D eigenvalue weighted by molar-refractivity contribution is 6.01. The van der Waals surface area contributed by atoms with Crippen molar-refractivity contribution in [1.82, 2.24) is 74.3 Å². The van der Waals surface area contributed by atoms with Crippen LogP contribution in [-0.2, 0) is 83.0 Å². The van der Waals surface area contributed by atoms with Crippen LogP contribution in [0.2, 0.25) is 0 Å². The van der Waals surface area contributed by atoms with Gasteiger partial charge in [0.2, 0.25) is 0 Å². The Balaban J connectivity index is 0.000000200. The minimum absolute atomic E-state index is 0.00469. The molecule has 1 saturated carbocycles. The summed E-state index contributed by atoms with van der Waals surface area (Å²) >= 11 is 0. The standard InChI is InChI=1S/2C12H17N5O2.2C12H19N3O2.2C12H16N2O3.C7H8N2O.C6H8O2.CH6N2/c1-12(2,3)19-11(18)17-7-8-9(14-16-13)5-4-6-10(8)15-17;1-12(2,3)19-11(18)17-10-6-4-5-9(15-16-13)8(10)7-14-17;1-12(2,3)17-11(16)15-7-8-9(13)5-4-6-10(8)14-15;1-12(2,3)17-11(16)15-10-6-4-5-9(13)8(10)7-14-15;1-12(2,3)17-11(16)14-7-8-9(13-14)5-4-6-10(8)15;1-12(2,3)17-11(16)14-9-5-4-6-10(15)8(9)7-13-14;10-7-3-1-2-6-5(7)4-8-9-6;7-5-2-1-3-6(8)4-5;1-3-2/h2*7,9H,4-6H2,1-3H3;2*7,9H,4-6,13H2,1-3H3;2*7H,4-6H2,1-3H3;4H,1-3H2,(H,8,9);1-4H2;3H,2H2,1H3. The summed E-state index contributed by atoms with van der Waals surface area (Å²) in [5.41, 5.74) is 39.4. The molecule has 4 atom stereocenters. The van der Waals surface area contributed by atoms with Crippen molar-refractivity contribution in [3.8, 4) is 0 Å². The molecule has 0 amide bonds. The van der Waals surface area contributed by atoms with Crippen LogP contribution in [0.5, 0.6) is 0 Å². The average molecular weight is 1770 g/mol. The molecule has 0 saturated heterocycles. The van der Waals surface area contributed by atoms with Gasteiger partial charge in [-0.15, -0.1) is 0 Å². The maximum atomic E-state index is 12.0. The minimum atomic E-state index is -0.562. The molecular formula is C86H126N24O17. The third kappa shape index (κ3) is 31.6. The lowest BCUT2D eigenvalue weighted by atomic mass is 9.94. The molecular weight excluding hydrogens is 1640 g/mol. The minimum Gasteiger partial charge on any atom is -0.442 e. The van der Waals surface area contributed by atoms with Crippen molar-refractivity contribution in [2.24, 2.45) is 27.5 Å². The fourth-order valence-electron chi connectivity index (χ4n) is 14.1. The third-order valence-electron chi connectivity index (χ3n) is 19.5. The van der Waals surface area contributed by atoms with Gasteiger partial charge in [-0.25, -0.2) is 28.8 Å². The highest BCUT2D eigenvalue weighted by atomic mass is 16.6. The molecule has 7 aromatic rings. The number of aryl methyl sites for hydroxylation is 4. The first kappa shape index (κ1) is 102. The molecule has 1 fully saturated rings. The maximum Gasteiger partial charge on any atom is 0.435 e. The summed E-state index contributed by atoms with van der Waals surface area (Å²) in [6.07, 6.45) is 27.7. The summed E-state index contributed by atoms with van der Waals surface area (Å²) in [4.78, 5) is 132. The van der Waals surface area contributed by atoms with Gasteiger partial charge in [-0.05, 0) is 265 Å². The Bertz CT molecular complexity index is 5080. The van der Waals surface area contributed by atoms with Crippen LogP contribution in [0.3, 0.4) is 0 Å². The number of aromatic amines is 1. The first-order chi connectivity index (χ1) is 59.4. The Hall–Kier alpha value is -11.9.